The molecule has 1 aromatic rings. The van der Waals surface area contributed by atoms with E-state index in [1.54, 1.807) is 0 Å². The molecule has 4 fully saturated rings. The fourth-order valence-corrected chi connectivity index (χ4v) is 4.78. The van der Waals surface area contributed by atoms with Crippen LogP contribution in [0, 0.1) is 11.7 Å². The highest BCUT2D eigenvalue weighted by atomic mass is 35.5. The molecular weight excluding hydrogens is 428 g/mol. The summed E-state index contributed by atoms with van der Waals surface area (Å²) in [6.07, 6.45) is -1.93. The molecular formula is C20H23ClF4N2O3. The third-order valence-corrected chi connectivity index (χ3v) is 6.52. The van der Waals surface area contributed by atoms with Crippen molar-refractivity contribution in [2.24, 2.45) is 5.92 Å². The molecule has 0 unspecified atom stereocenters. The van der Waals surface area contributed by atoms with Gasteiger partial charge in [0, 0.05) is 23.7 Å². The summed E-state index contributed by atoms with van der Waals surface area (Å²) in [6.45, 7) is 0.738. The van der Waals surface area contributed by atoms with Gasteiger partial charge in [0.15, 0.2) is 6.61 Å². The molecule has 2 bridgehead atoms. The van der Waals surface area contributed by atoms with Gasteiger partial charge in [-0.1, -0.05) is 11.6 Å². The van der Waals surface area contributed by atoms with Crippen LogP contribution >= 0.6 is 11.6 Å². The zero-order valence-corrected chi connectivity index (χ0v) is 16.9. The van der Waals surface area contributed by atoms with Crippen LogP contribution in [0.1, 0.15) is 32.1 Å². The van der Waals surface area contributed by atoms with Crippen molar-refractivity contribution >= 4 is 17.5 Å². The van der Waals surface area contributed by atoms with Crippen LogP contribution in [0.3, 0.4) is 0 Å². The lowest BCUT2D eigenvalue weighted by atomic mass is 9.44. The van der Waals surface area contributed by atoms with Crippen LogP contribution in [0.4, 0.5) is 17.6 Å². The molecule has 5 rings (SSSR count). The van der Waals surface area contributed by atoms with E-state index in [2.05, 4.69) is 10.6 Å². The fraction of sp³-hybridized carbons (Fsp3) is 0.650. The number of carbonyl (C=O) groups excluding carboxylic acids is 1. The Kier molecular flexibility index (Phi) is 5.65. The molecule has 1 aromatic carbocycles. The SMILES string of the molecule is O=C(COc1ccc(Cl)c(F)c1)NC12CC(NCCOC3CC(C(F)(F)F)C3)(C1)C2. The Bertz CT molecular complexity index is 794. The maximum Gasteiger partial charge on any atom is 0.392 e. The first-order chi connectivity index (χ1) is 14.1. The summed E-state index contributed by atoms with van der Waals surface area (Å²) in [5.41, 5.74) is -0.252. The quantitative estimate of drug-likeness (QED) is 0.446. The summed E-state index contributed by atoms with van der Waals surface area (Å²) in [6, 6.07) is 3.99. The maximum atomic E-state index is 13.4. The highest BCUT2D eigenvalue weighted by Crippen LogP contribution is 2.60. The van der Waals surface area contributed by atoms with Crippen molar-refractivity contribution in [2.75, 3.05) is 19.8 Å². The fourth-order valence-electron chi connectivity index (χ4n) is 4.67. The van der Waals surface area contributed by atoms with Gasteiger partial charge in [-0.25, -0.2) is 4.39 Å². The lowest BCUT2D eigenvalue weighted by Gasteiger charge is -2.70. The monoisotopic (exact) mass is 450 g/mol. The molecule has 1 amide bonds. The number of benzene rings is 1. The second-order valence-corrected chi connectivity index (χ2v) is 9.04. The predicted octanol–water partition coefficient (Wildman–Crippen LogP) is 3.60. The molecule has 0 aliphatic heterocycles. The van der Waals surface area contributed by atoms with Crippen LogP contribution in [0.5, 0.6) is 5.75 Å². The van der Waals surface area contributed by atoms with Crippen molar-refractivity contribution in [2.45, 2.75) is 55.5 Å². The largest absolute Gasteiger partial charge is 0.484 e. The van der Waals surface area contributed by atoms with Crippen molar-refractivity contribution in [1.82, 2.24) is 10.6 Å². The van der Waals surface area contributed by atoms with E-state index in [-0.39, 0.29) is 53.3 Å². The normalized spacial score (nSPS) is 31.9. The molecule has 2 N–H and O–H groups in total. The second-order valence-electron chi connectivity index (χ2n) is 8.63. The minimum absolute atomic E-state index is 0.0120. The molecule has 0 spiro atoms. The zero-order valence-electron chi connectivity index (χ0n) is 16.2. The van der Waals surface area contributed by atoms with Gasteiger partial charge in [-0.15, -0.1) is 0 Å². The molecule has 166 valence electrons. The van der Waals surface area contributed by atoms with Gasteiger partial charge in [0.1, 0.15) is 11.6 Å². The molecule has 0 heterocycles. The van der Waals surface area contributed by atoms with Crippen molar-refractivity contribution in [3.05, 3.63) is 29.0 Å². The van der Waals surface area contributed by atoms with Gasteiger partial charge < -0.3 is 20.1 Å². The van der Waals surface area contributed by atoms with Gasteiger partial charge in [0.25, 0.3) is 5.91 Å². The minimum Gasteiger partial charge on any atom is -0.484 e. The first-order valence-corrected chi connectivity index (χ1v) is 10.3. The molecule has 4 aliphatic rings. The minimum atomic E-state index is -4.11. The third kappa shape index (κ3) is 4.53. The molecule has 0 saturated heterocycles. The average Bonchev–Trinajstić information content (AvgIpc) is 2.56. The predicted molar refractivity (Wildman–Crippen MR) is 101 cm³/mol. The topological polar surface area (TPSA) is 59.6 Å². The molecule has 5 nitrogen and oxygen atoms in total. The molecule has 4 saturated carbocycles. The Morgan fingerprint density at radius 2 is 1.90 bits per heavy atom. The number of alkyl halides is 3. The van der Waals surface area contributed by atoms with E-state index in [9.17, 15) is 22.4 Å². The number of ether oxygens (including phenoxy) is 2. The summed E-state index contributed by atoms with van der Waals surface area (Å²) in [5.74, 6) is -1.87. The number of halogens is 5. The number of hydrogen-bond acceptors (Lipinski definition) is 4. The first-order valence-electron chi connectivity index (χ1n) is 9.90. The zero-order chi connectivity index (χ0) is 21.6. The maximum absolute atomic E-state index is 13.4. The lowest BCUT2D eigenvalue weighted by molar-refractivity contribution is -0.220. The average molecular weight is 451 g/mol. The number of hydrogen-bond donors (Lipinski definition) is 2. The summed E-state index contributed by atoms with van der Waals surface area (Å²) < 4.78 is 61.5. The van der Waals surface area contributed by atoms with E-state index in [0.29, 0.717) is 13.2 Å². The van der Waals surface area contributed by atoms with Gasteiger partial charge in [-0.05, 0) is 44.2 Å². The van der Waals surface area contributed by atoms with E-state index in [4.69, 9.17) is 21.1 Å². The van der Waals surface area contributed by atoms with Crippen LogP contribution in [0.2, 0.25) is 5.02 Å². The van der Waals surface area contributed by atoms with Crippen LogP contribution in [0.15, 0.2) is 18.2 Å². The number of nitrogens with one attached hydrogen (secondary N) is 2. The van der Waals surface area contributed by atoms with Crippen molar-refractivity contribution < 1.29 is 31.8 Å². The van der Waals surface area contributed by atoms with Gasteiger partial charge >= 0.3 is 6.18 Å². The van der Waals surface area contributed by atoms with Crippen molar-refractivity contribution in [3.63, 3.8) is 0 Å². The molecule has 10 heteroatoms. The summed E-state index contributed by atoms with van der Waals surface area (Å²) in [4.78, 5) is 12.1. The molecule has 4 aliphatic carbocycles. The van der Waals surface area contributed by atoms with Crippen LogP contribution < -0.4 is 15.4 Å². The molecule has 0 aromatic heterocycles. The highest BCUT2D eigenvalue weighted by molar-refractivity contribution is 6.30. The van der Waals surface area contributed by atoms with Gasteiger partial charge in [-0.2, -0.15) is 13.2 Å². The highest BCUT2D eigenvalue weighted by Gasteiger charge is 2.68. The van der Waals surface area contributed by atoms with Gasteiger partial charge in [0.05, 0.1) is 23.7 Å². The van der Waals surface area contributed by atoms with Crippen LogP contribution in [-0.2, 0) is 9.53 Å². The number of amides is 1. The van der Waals surface area contributed by atoms with E-state index in [0.717, 1.165) is 25.3 Å². The van der Waals surface area contributed by atoms with Gasteiger partial charge in [-0.3, -0.25) is 4.79 Å². The molecule has 0 atom stereocenters. The lowest BCUT2D eigenvalue weighted by Crippen LogP contribution is -2.83. The summed E-state index contributed by atoms with van der Waals surface area (Å²) in [7, 11) is 0. The Labute approximate surface area is 176 Å². The van der Waals surface area contributed by atoms with E-state index < -0.39 is 17.9 Å². The van der Waals surface area contributed by atoms with E-state index in [1.807, 2.05) is 0 Å². The number of carbonyl (C=O) groups is 1. The van der Waals surface area contributed by atoms with E-state index in [1.165, 1.54) is 12.1 Å². The Balaban J connectivity index is 1.08. The summed E-state index contributed by atoms with van der Waals surface area (Å²) in [5, 5.41) is 6.34. The Morgan fingerprint density at radius 3 is 2.53 bits per heavy atom. The first kappa shape index (κ1) is 21.6. The van der Waals surface area contributed by atoms with Crippen molar-refractivity contribution in [3.8, 4) is 5.75 Å². The smallest absolute Gasteiger partial charge is 0.392 e. The standard InChI is InChI=1S/C20H23ClF4N2O3/c21-15-2-1-13(7-16(15)22)30-8-17(28)27-19-9-18(10-19,11-19)26-3-4-29-14-5-12(6-14)20(23,24)25/h1-2,7,12,14,26H,3-6,8-11H2,(H,27,28). The Morgan fingerprint density at radius 1 is 1.20 bits per heavy atom. The van der Waals surface area contributed by atoms with Crippen LogP contribution in [0.25, 0.3) is 0 Å². The molecule has 30 heavy (non-hydrogen) atoms. The second kappa shape index (κ2) is 7.84. The van der Waals surface area contributed by atoms with Gasteiger partial charge in [0.2, 0.25) is 0 Å². The van der Waals surface area contributed by atoms with Crippen LogP contribution in [-0.4, -0.2) is 49.0 Å². The molecule has 0 radical (unpaired) electrons. The Hall–Kier alpha value is -1.58. The summed E-state index contributed by atoms with van der Waals surface area (Å²) >= 11 is 5.60. The van der Waals surface area contributed by atoms with Crippen molar-refractivity contribution in [1.29, 1.82) is 0 Å². The third-order valence-electron chi connectivity index (χ3n) is 6.21. The number of rotatable bonds is 9. The van der Waals surface area contributed by atoms with E-state index >= 15 is 0 Å².